The highest BCUT2D eigenvalue weighted by molar-refractivity contribution is 5.95. The second kappa shape index (κ2) is 7.55. The number of hydrogen-bond donors (Lipinski definition) is 0. The van der Waals surface area contributed by atoms with Crippen molar-refractivity contribution in [1.82, 2.24) is 29.6 Å². The molecule has 150 valence electrons. The smallest absolute Gasteiger partial charge is 0.272 e. The average molecular weight is 399 g/mol. The van der Waals surface area contributed by atoms with Crippen molar-refractivity contribution in [3.05, 3.63) is 72.4 Å². The number of carbonyl (C=O) groups excluding carboxylic acids is 1. The van der Waals surface area contributed by atoms with Gasteiger partial charge in [-0.05, 0) is 25.1 Å². The van der Waals surface area contributed by atoms with E-state index in [1.165, 1.54) is 0 Å². The van der Waals surface area contributed by atoms with E-state index >= 15 is 0 Å². The number of amides is 1. The van der Waals surface area contributed by atoms with Gasteiger partial charge in [0.2, 0.25) is 0 Å². The number of benzene rings is 1. The van der Waals surface area contributed by atoms with Gasteiger partial charge in [-0.2, -0.15) is 5.10 Å². The van der Waals surface area contributed by atoms with Gasteiger partial charge in [-0.25, -0.2) is 19.6 Å². The predicted molar refractivity (Wildman–Crippen MR) is 114 cm³/mol. The maximum Gasteiger partial charge on any atom is 0.272 e. The molecule has 0 unspecified atom stereocenters. The van der Waals surface area contributed by atoms with Crippen LogP contribution >= 0.6 is 0 Å². The highest BCUT2D eigenvalue weighted by atomic mass is 16.2. The molecule has 0 atom stereocenters. The number of fused-ring (bicyclic) bond motifs is 1. The third-order valence-corrected chi connectivity index (χ3v) is 5.26. The summed E-state index contributed by atoms with van der Waals surface area (Å²) in [5.74, 6) is 2.25. The Morgan fingerprint density at radius 2 is 1.70 bits per heavy atom. The first-order valence-electron chi connectivity index (χ1n) is 9.93. The Morgan fingerprint density at radius 1 is 0.900 bits per heavy atom. The van der Waals surface area contributed by atoms with E-state index in [2.05, 4.69) is 25.0 Å². The fraction of sp³-hybridized carbons (Fsp3) is 0.227. The number of aryl methyl sites for hydroxylation is 1. The molecule has 4 aromatic rings. The van der Waals surface area contributed by atoms with Crippen LogP contribution in [0.15, 0.2) is 60.9 Å². The first-order valence-corrected chi connectivity index (χ1v) is 9.93. The van der Waals surface area contributed by atoms with Gasteiger partial charge in [-0.1, -0.05) is 24.3 Å². The molecule has 0 aliphatic carbocycles. The Balaban J connectivity index is 1.31. The Morgan fingerprint density at radius 3 is 2.50 bits per heavy atom. The molecule has 0 saturated carbocycles. The zero-order valence-electron chi connectivity index (χ0n) is 16.6. The lowest BCUT2D eigenvalue weighted by atomic mass is 10.2. The first kappa shape index (κ1) is 18.2. The van der Waals surface area contributed by atoms with Crippen molar-refractivity contribution >= 4 is 22.6 Å². The Hall–Kier alpha value is -3.81. The summed E-state index contributed by atoms with van der Waals surface area (Å²) in [4.78, 5) is 30.6. The molecule has 0 N–H and O–H groups in total. The SMILES string of the molecule is Cc1nc(N2CCN(C(=O)c3ccc4ccccc4n3)CC2)cc(-n2cccn2)n1. The molecule has 0 bridgehead atoms. The summed E-state index contributed by atoms with van der Waals surface area (Å²) in [5.41, 5.74) is 1.32. The molecule has 8 nitrogen and oxygen atoms in total. The average Bonchev–Trinajstić information content (AvgIpc) is 3.33. The third kappa shape index (κ3) is 3.47. The maximum absolute atomic E-state index is 13.0. The van der Waals surface area contributed by atoms with E-state index in [-0.39, 0.29) is 5.91 Å². The van der Waals surface area contributed by atoms with Crippen LogP contribution in [0.5, 0.6) is 0 Å². The van der Waals surface area contributed by atoms with Gasteiger partial charge in [0.1, 0.15) is 17.3 Å². The number of rotatable bonds is 3. The molecule has 4 heterocycles. The number of aromatic nitrogens is 5. The van der Waals surface area contributed by atoms with Gasteiger partial charge in [-0.15, -0.1) is 0 Å². The van der Waals surface area contributed by atoms with Crippen molar-refractivity contribution in [2.45, 2.75) is 6.92 Å². The van der Waals surface area contributed by atoms with Gasteiger partial charge in [0.05, 0.1) is 5.52 Å². The van der Waals surface area contributed by atoms with Gasteiger partial charge in [0, 0.05) is 50.0 Å². The summed E-state index contributed by atoms with van der Waals surface area (Å²) in [6.45, 7) is 4.52. The number of nitrogens with zero attached hydrogens (tertiary/aromatic N) is 7. The Bertz CT molecular complexity index is 1200. The Kier molecular flexibility index (Phi) is 4.59. The van der Waals surface area contributed by atoms with E-state index in [1.807, 2.05) is 60.5 Å². The lowest BCUT2D eigenvalue weighted by molar-refractivity contribution is 0.0741. The minimum absolute atomic E-state index is 0.0310. The lowest BCUT2D eigenvalue weighted by Gasteiger charge is -2.35. The van der Waals surface area contributed by atoms with Gasteiger partial charge in [0.25, 0.3) is 5.91 Å². The van der Waals surface area contributed by atoms with Crippen molar-refractivity contribution in [3.8, 4) is 5.82 Å². The van der Waals surface area contributed by atoms with Crippen LogP contribution in [0.4, 0.5) is 5.82 Å². The first-order chi connectivity index (χ1) is 14.7. The highest BCUT2D eigenvalue weighted by Gasteiger charge is 2.24. The molecular formula is C22H21N7O. The van der Waals surface area contributed by atoms with Crippen molar-refractivity contribution < 1.29 is 4.79 Å². The molecular weight excluding hydrogens is 378 g/mol. The summed E-state index contributed by atoms with van der Waals surface area (Å²) < 4.78 is 1.73. The molecule has 1 saturated heterocycles. The largest absolute Gasteiger partial charge is 0.353 e. The van der Waals surface area contributed by atoms with E-state index < -0.39 is 0 Å². The summed E-state index contributed by atoms with van der Waals surface area (Å²) in [5, 5.41) is 5.29. The number of anilines is 1. The second-order valence-corrected chi connectivity index (χ2v) is 7.25. The van der Waals surface area contributed by atoms with E-state index in [9.17, 15) is 4.79 Å². The van der Waals surface area contributed by atoms with Crippen molar-refractivity contribution in [3.63, 3.8) is 0 Å². The van der Waals surface area contributed by atoms with Crippen molar-refractivity contribution in [2.24, 2.45) is 0 Å². The minimum Gasteiger partial charge on any atom is -0.353 e. The quantitative estimate of drug-likeness (QED) is 0.527. The zero-order chi connectivity index (χ0) is 20.5. The monoisotopic (exact) mass is 399 g/mol. The molecule has 30 heavy (non-hydrogen) atoms. The van der Waals surface area contributed by atoms with Gasteiger partial charge in [-0.3, -0.25) is 4.79 Å². The van der Waals surface area contributed by atoms with Crippen molar-refractivity contribution in [2.75, 3.05) is 31.1 Å². The van der Waals surface area contributed by atoms with E-state index in [4.69, 9.17) is 0 Å². The van der Waals surface area contributed by atoms with E-state index in [1.54, 1.807) is 16.9 Å². The molecule has 0 spiro atoms. The van der Waals surface area contributed by atoms with Crippen LogP contribution in [0.1, 0.15) is 16.3 Å². The maximum atomic E-state index is 13.0. The third-order valence-electron chi connectivity index (χ3n) is 5.26. The molecule has 1 aliphatic heterocycles. The van der Waals surface area contributed by atoms with Crippen LogP contribution < -0.4 is 4.90 Å². The number of hydrogen-bond acceptors (Lipinski definition) is 6. The molecule has 1 aromatic carbocycles. The normalized spacial score (nSPS) is 14.3. The molecule has 0 radical (unpaired) electrons. The second-order valence-electron chi connectivity index (χ2n) is 7.25. The fourth-order valence-electron chi connectivity index (χ4n) is 3.71. The molecule has 8 heteroatoms. The summed E-state index contributed by atoms with van der Waals surface area (Å²) in [7, 11) is 0. The van der Waals surface area contributed by atoms with Crippen LogP contribution in [0.3, 0.4) is 0 Å². The van der Waals surface area contributed by atoms with Crippen LogP contribution in [-0.4, -0.2) is 61.7 Å². The van der Waals surface area contributed by atoms with Crippen molar-refractivity contribution in [1.29, 1.82) is 0 Å². The standard InChI is InChI=1S/C22H21N7O/c1-16-24-20(15-21(25-16)29-10-4-9-23-29)27-11-13-28(14-12-27)22(30)19-8-7-17-5-2-3-6-18(17)26-19/h2-10,15H,11-14H2,1H3. The predicted octanol–water partition coefficient (Wildman–Crippen LogP) is 2.48. The van der Waals surface area contributed by atoms with Crippen LogP contribution in [0, 0.1) is 6.92 Å². The molecule has 1 aliphatic rings. The molecule has 1 fully saturated rings. The number of pyridine rings is 1. The summed E-state index contributed by atoms with van der Waals surface area (Å²) in [6, 6.07) is 15.4. The number of piperazine rings is 1. The Labute approximate surface area is 173 Å². The van der Waals surface area contributed by atoms with Crippen LogP contribution in [-0.2, 0) is 0 Å². The van der Waals surface area contributed by atoms with Gasteiger partial charge < -0.3 is 9.80 Å². The minimum atomic E-state index is -0.0310. The fourth-order valence-corrected chi connectivity index (χ4v) is 3.71. The summed E-state index contributed by atoms with van der Waals surface area (Å²) in [6.07, 6.45) is 3.58. The molecule has 5 rings (SSSR count). The van der Waals surface area contributed by atoms with E-state index in [0.717, 1.165) is 22.5 Å². The summed E-state index contributed by atoms with van der Waals surface area (Å²) >= 11 is 0. The van der Waals surface area contributed by atoms with Gasteiger partial charge >= 0.3 is 0 Å². The lowest BCUT2D eigenvalue weighted by Crippen LogP contribution is -2.49. The topological polar surface area (TPSA) is 80.0 Å². The highest BCUT2D eigenvalue weighted by Crippen LogP contribution is 2.19. The van der Waals surface area contributed by atoms with Gasteiger partial charge in [0.15, 0.2) is 5.82 Å². The zero-order valence-corrected chi connectivity index (χ0v) is 16.6. The molecule has 1 amide bonds. The van der Waals surface area contributed by atoms with Crippen LogP contribution in [0.2, 0.25) is 0 Å². The number of para-hydroxylation sites is 1. The molecule has 3 aromatic heterocycles. The van der Waals surface area contributed by atoms with Crippen LogP contribution in [0.25, 0.3) is 16.7 Å². The van der Waals surface area contributed by atoms with E-state index in [0.29, 0.717) is 37.7 Å². The number of carbonyl (C=O) groups is 1.